The number of hydrogen-bond donors (Lipinski definition) is 2. The van der Waals surface area contributed by atoms with Crippen molar-refractivity contribution in [2.75, 3.05) is 12.1 Å². The summed E-state index contributed by atoms with van der Waals surface area (Å²) in [5.41, 5.74) is 6.85. The Bertz CT molecular complexity index is 532. The maximum Gasteiger partial charge on any atom is 0.343 e. The number of ether oxygens (including phenoxy) is 1. The molecule has 0 aromatic heterocycles. The number of hydrogen-bond acceptors (Lipinski definition) is 6. The van der Waals surface area contributed by atoms with E-state index in [1.54, 1.807) is 13.8 Å². The summed E-state index contributed by atoms with van der Waals surface area (Å²) in [4.78, 5) is 21.8. The average molecular weight is 281 g/mol. The number of carbonyl (C=O) groups is 1. The summed E-state index contributed by atoms with van der Waals surface area (Å²) in [6.45, 7) is 3.54. The van der Waals surface area contributed by atoms with Crippen LogP contribution in [0.1, 0.15) is 13.8 Å². The smallest absolute Gasteiger partial charge is 0.343 e. The molecule has 9 heteroatoms. The minimum Gasteiger partial charge on any atom is -0.489 e. The lowest BCUT2D eigenvalue weighted by Gasteiger charge is -2.19. The van der Waals surface area contributed by atoms with Gasteiger partial charge in [0.25, 0.3) is 5.69 Å². The molecule has 9 nitrogen and oxygen atoms in total. The average Bonchev–Trinajstić information content (AvgIpc) is 2.40. The number of nitro groups is 1. The lowest BCUT2D eigenvalue weighted by atomic mass is 10.2. The first-order chi connectivity index (χ1) is 9.40. The quantitative estimate of drug-likeness (QED) is 0.489. The Morgan fingerprint density at radius 3 is 2.65 bits per heavy atom. The number of nitrogens with one attached hydrogen (secondary N) is 2. The van der Waals surface area contributed by atoms with Gasteiger partial charge in [0.1, 0.15) is 11.4 Å². The second-order valence-electron chi connectivity index (χ2n) is 4.04. The summed E-state index contributed by atoms with van der Waals surface area (Å²) in [6.07, 6.45) is -0.201. The van der Waals surface area contributed by atoms with E-state index in [0.717, 1.165) is 6.07 Å². The molecule has 0 aliphatic rings. The molecule has 2 amide bonds. The van der Waals surface area contributed by atoms with Crippen LogP contribution < -0.4 is 15.1 Å². The van der Waals surface area contributed by atoms with Crippen LogP contribution in [0.3, 0.4) is 0 Å². The Hall–Kier alpha value is -2.71. The Kier molecular flexibility index (Phi) is 4.95. The first kappa shape index (κ1) is 15.3. The minimum atomic E-state index is -0.700. The Morgan fingerprint density at radius 2 is 2.20 bits per heavy atom. The molecule has 0 aliphatic carbocycles. The van der Waals surface area contributed by atoms with Gasteiger partial charge in [-0.3, -0.25) is 10.1 Å². The number of benzene rings is 1. The highest BCUT2D eigenvalue weighted by molar-refractivity contribution is 5.93. The molecular weight excluding hydrogens is 266 g/mol. The number of anilines is 1. The predicted molar refractivity (Wildman–Crippen MR) is 70.9 cm³/mol. The fourth-order valence-electron chi connectivity index (χ4n) is 1.45. The van der Waals surface area contributed by atoms with Gasteiger partial charge in [0.15, 0.2) is 0 Å². The molecular formula is C11H15N5O4. The molecule has 20 heavy (non-hydrogen) atoms. The van der Waals surface area contributed by atoms with Crippen LogP contribution in [0.15, 0.2) is 23.4 Å². The van der Waals surface area contributed by atoms with Crippen LogP contribution >= 0.6 is 0 Å². The summed E-state index contributed by atoms with van der Waals surface area (Å²) >= 11 is 0. The van der Waals surface area contributed by atoms with Crippen LogP contribution in [0.2, 0.25) is 0 Å². The van der Waals surface area contributed by atoms with Gasteiger partial charge in [0, 0.05) is 19.2 Å². The van der Waals surface area contributed by atoms with Gasteiger partial charge in [0.2, 0.25) is 0 Å². The maximum absolute atomic E-state index is 11.6. The molecule has 0 saturated carbocycles. The van der Waals surface area contributed by atoms with Crippen LogP contribution in [-0.4, -0.2) is 24.1 Å². The summed E-state index contributed by atoms with van der Waals surface area (Å²) in [5, 5.41) is 16.8. The van der Waals surface area contributed by atoms with Crippen LogP contribution in [0, 0.1) is 15.6 Å². The van der Waals surface area contributed by atoms with Crippen molar-refractivity contribution in [3.63, 3.8) is 0 Å². The second-order valence-corrected chi connectivity index (χ2v) is 4.04. The number of amides is 2. The highest BCUT2D eigenvalue weighted by Gasteiger charge is 2.22. The van der Waals surface area contributed by atoms with Gasteiger partial charge in [0.05, 0.1) is 11.0 Å². The van der Waals surface area contributed by atoms with Crippen molar-refractivity contribution in [2.45, 2.75) is 20.0 Å². The van der Waals surface area contributed by atoms with Gasteiger partial charge in [-0.15, -0.1) is 0 Å². The van der Waals surface area contributed by atoms with Crippen molar-refractivity contribution in [1.82, 2.24) is 5.32 Å². The van der Waals surface area contributed by atoms with Gasteiger partial charge in [-0.2, -0.15) is 10.5 Å². The summed E-state index contributed by atoms with van der Waals surface area (Å²) in [5.74, 6) is 0.227. The second kappa shape index (κ2) is 6.45. The molecule has 2 N–H and O–H groups in total. The van der Waals surface area contributed by atoms with Crippen LogP contribution in [0.5, 0.6) is 5.75 Å². The molecule has 1 aromatic rings. The maximum atomic E-state index is 11.6. The molecule has 0 fully saturated rings. The van der Waals surface area contributed by atoms with Gasteiger partial charge < -0.3 is 10.1 Å². The molecule has 0 radical (unpaired) electrons. The molecule has 0 bridgehead atoms. The van der Waals surface area contributed by atoms with E-state index in [1.165, 1.54) is 19.2 Å². The first-order valence-electron chi connectivity index (χ1n) is 5.75. The van der Waals surface area contributed by atoms with Gasteiger partial charge in [-0.1, -0.05) is 5.22 Å². The standard InChI is InChI=1S/C11H15N5O4/c1-7(2)20-10-5-4-8(16(18)19)6-9(10)15(14-12)11(17)13-3/h4-7,12H,1-3H3,(H,13,17). The SMILES string of the molecule is CNC(=O)N(N=N)c1cc([N+](=O)[O-])ccc1OC(C)C. The largest absolute Gasteiger partial charge is 0.489 e. The van der Waals surface area contributed by atoms with E-state index in [0.29, 0.717) is 5.01 Å². The summed E-state index contributed by atoms with van der Waals surface area (Å²) in [7, 11) is 1.36. The Labute approximate surface area is 115 Å². The van der Waals surface area contributed by atoms with Crippen LogP contribution in [0.25, 0.3) is 0 Å². The van der Waals surface area contributed by atoms with Crippen LogP contribution in [-0.2, 0) is 0 Å². The number of nitrogens with zero attached hydrogens (tertiary/aromatic N) is 3. The number of non-ortho nitro benzene ring substituents is 1. The lowest BCUT2D eigenvalue weighted by Crippen LogP contribution is -2.34. The molecule has 0 heterocycles. The molecule has 0 spiro atoms. The molecule has 1 aromatic carbocycles. The van der Waals surface area contributed by atoms with E-state index in [2.05, 4.69) is 10.5 Å². The Balaban J connectivity index is 3.35. The number of nitro benzene ring substituents is 1. The van der Waals surface area contributed by atoms with E-state index in [9.17, 15) is 14.9 Å². The van der Waals surface area contributed by atoms with Gasteiger partial charge >= 0.3 is 6.03 Å². The monoisotopic (exact) mass is 281 g/mol. The molecule has 108 valence electrons. The summed E-state index contributed by atoms with van der Waals surface area (Å²) < 4.78 is 5.47. The third-order valence-corrected chi connectivity index (χ3v) is 2.25. The van der Waals surface area contributed by atoms with Crippen molar-refractivity contribution in [1.29, 1.82) is 5.53 Å². The summed E-state index contributed by atoms with van der Waals surface area (Å²) in [6, 6.07) is 3.06. The van der Waals surface area contributed by atoms with Crippen molar-refractivity contribution < 1.29 is 14.5 Å². The van der Waals surface area contributed by atoms with Gasteiger partial charge in [-0.25, -0.2) is 4.79 Å². The molecule has 0 aliphatic heterocycles. The Morgan fingerprint density at radius 1 is 1.55 bits per heavy atom. The van der Waals surface area contributed by atoms with Crippen molar-refractivity contribution >= 4 is 17.4 Å². The highest BCUT2D eigenvalue weighted by atomic mass is 16.6. The number of carbonyl (C=O) groups excluding carboxylic acids is 1. The zero-order valence-corrected chi connectivity index (χ0v) is 11.3. The molecule has 0 unspecified atom stereocenters. The van der Waals surface area contributed by atoms with Crippen molar-refractivity contribution in [3.8, 4) is 5.75 Å². The minimum absolute atomic E-state index is 0.0299. The highest BCUT2D eigenvalue weighted by Crippen LogP contribution is 2.33. The van der Waals surface area contributed by atoms with E-state index < -0.39 is 11.0 Å². The zero-order valence-electron chi connectivity index (χ0n) is 11.3. The fraction of sp³-hybridized carbons (Fsp3) is 0.364. The lowest BCUT2D eigenvalue weighted by molar-refractivity contribution is -0.384. The predicted octanol–water partition coefficient (Wildman–Crippen LogP) is 2.47. The molecule has 1 rings (SSSR count). The van der Waals surface area contributed by atoms with E-state index in [1.807, 2.05) is 0 Å². The molecule has 0 atom stereocenters. The third kappa shape index (κ3) is 3.40. The normalized spacial score (nSPS) is 10.0. The van der Waals surface area contributed by atoms with E-state index in [4.69, 9.17) is 10.3 Å². The number of rotatable bonds is 5. The zero-order chi connectivity index (χ0) is 15.3. The third-order valence-electron chi connectivity index (χ3n) is 2.25. The van der Waals surface area contributed by atoms with Crippen LogP contribution in [0.4, 0.5) is 16.2 Å². The van der Waals surface area contributed by atoms with Crippen molar-refractivity contribution in [3.05, 3.63) is 28.3 Å². The molecule has 0 saturated heterocycles. The fourth-order valence-corrected chi connectivity index (χ4v) is 1.45. The van der Waals surface area contributed by atoms with Crippen molar-refractivity contribution in [2.24, 2.45) is 5.22 Å². The van der Waals surface area contributed by atoms with Gasteiger partial charge in [-0.05, 0) is 19.9 Å². The first-order valence-corrected chi connectivity index (χ1v) is 5.75. The van der Waals surface area contributed by atoms with E-state index in [-0.39, 0.29) is 23.2 Å². The topological polar surface area (TPSA) is 121 Å². The number of urea groups is 1. The van der Waals surface area contributed by atoms with E-state index >= 15 is 0 Å².